The van der Waals surface area contributed by atoms with Crippen molar-refractivity contribution in [1.29, 1.82) is 0 Å². The molecule has 0 saturated heterocycles. The van der Waals surface area contributed by atoms with E-state index < -0.39 is 0 Å². The maximum Gasteiger partial charge on any atom is 0.195 e. The Morgan fingerprint density at radius 1 is 0.375 bits per heavy atom. The zero-order chi connectivity index (χ0) is 21.7. The van der Waals surface area contributed by atoms with Crippen LogP contribution in [0.1, 0.15) is 31.8 Å². The van der Waals surface area contributed by atoms with Gasteiger partial charge in [-0.2, -0.15) is 0 Å². The number of ketones is 2. The summed E-state index contributed by atoms with van der Waals surface area (Å²) in [5, 5.41) is 1.91. The topological polar surface area (TPSA) is 34.1 Å². The third-order valence-corrected chi connectivity index (χ3v) is 6.20. The minimum absolute atomic E-state index is 0.0999. The standard InChI is InChI=1S/C30H18O2/c31-29-24-16-15-23(19-9-3-1-4-10-19)27(20-11-5-2-6-12-20)28(24)30(32)26-18-22-14-8-7-13-21(22)17-25(26)29/h1-18H. The molecule has 0 N–H and O–H groups in total. The van der Waals surface area contributed by atoms with Gasteiger partial charge in [0.25, 0.3) is 0 Å². The predicted molar refractivity (Wildman–Crippen MR) is 128 cm³/mol. The molecule has 0 fully saturated rings. The normalized spacial score (nSPS) is 12.5. The molecule has 0 bridgehead atoms. The lowest BCUT2D eigenvalue weighted by atomic mass is 9.77. The van der Waals surface area contributed by atoms with Crippen LogP contribution in [0.3, 0.4) is 0 Å². The molecule has 0 saturated carbocycles. The van der Waals surface area contributed by atoms with Crippen LogP contribution in [-0.4, -0.2) is 11.6 Å². The SMILES string of the molecule is O=C1c2cc3ccccc3cc2C(=O)c2c1ccc(-c1ccccc1)c2-c1ccccc1. The molecule has 150 valence electrons. The van der Waals surface area contributed by atoms with E-state index in [1.807, 2.05) is 109 Å². The lowest BCUT2D eigenvalue weighted by Crippen LogP contribution is -2.22. The Labute approximate surface area is 185 Å². The van der Waals surface area contributed by atoms with Gasteiger partial charge in [-0.3, -0.25) is 9.59 Å². The number of carbonyl (C=O) groups is 2. The molecule has 2 heteroatoms. The van der Waals surface area contributed by atoms with E-state index in [1.54, 1.807) is 0 Å². The molecule has 1 aliphatic rings. The highest BCUT2D eigenvalue weighted by Gasteiger charge is 2.33. The maximum absolute atomic E-state index is 13.9. The summed E-state index contributed by atoms with van der Waals surface area (Å²) < 4.78 is 0. The first-order valence-electron chi connectivity index (χ1n) is 10.6. The van der Waals surface area contributed by atoms with Crippen molar-refractivity contribution in [3.63, 3.8) is 0 Å². The van der Waals surface area contributed by atoms with Gasteiger partial charge in [0.1, 0.15) is 0 Å². The number of hydrogen-bond donors (Lipinski definition) is 0. The molecule has 32 heavy (non-hydrogen) atoms. The van der Waals surface area contributed by atoms with E-state index >= 15 is 0 Å². The molecule has 0 unspecified atom stereocenters. The van der Waals surface area contributed by atoms with Crippen LogP contribution in [0.15, 0.2) is 109 Å². The molecule has 2 nitrogen and oxygen atoms in total. The van der Waals surface area contributed by atoms with Gasteiger partial charge in [-0.05, 0) is 45.7 Å². The lowest BCUT2D eigenvalue weighted by molar-refractivity contribution is 0.0980. The van der Waals surface area contributed by atoms with Gasteiger partial charge in [0, 0.05) is 27.8 Å². The smallest absolute Gasteiger partial charge is 0.195 e. The fourth-order valence-corrected chi connectivity index (χ4v) is 4.69. The Balaban J connectivity index is 1.68. The Hall–Kier alpha value is -4.30. The fraction of sp³-hybridized carbons (Fsp3) is 0. The van der Waals surface area contributed by atoms with E-state index in [1.165, 1.54) is 0 Å². The van der Waals surface area contributed by atoms with Crippen LogP contribution in [0.5, 0.6) is 0 Å². The summed E-state index contributed by atoms with van der Waals surface area (Å²) in [5.74, 6) is -0.200. The van der Waals surface area contributed by atoms with Gasteiger partial charge < -0.3 is 0 Å². The van der Waals surface area contributed by atoms with Crippen LogP contribution >= 0.6 is 0 Å². The quantitative estimate of drug-likeness (QED) is 0.309. The monoisotopic (exact) mass is 410 g/mol. The molecule has 0 aliphatic heterocycles. The second kappa shape index (κ2) is 7.14. The summed E-state index contributed by atoms with van der Waals surface area (Å²) in [6.45, 7) is 0. The number of fused-ring (bicyclic) bond motifs is 3. The highest BCUT2D eigenvalue weighted by atomic mass is 16.1. The Kier molecular flexibility index (Phi) is 4.12. The first kappa shape index (κ1) is 18.5. The van der Waals surface area contributed by atoms with Gasteiger partial charge in [0.05, 0.1) is 0 Å². The zero-order valence-electron chi connectivity index (χ0n) is 17.2. The molecular formula is C30H18O2. The van der Waals surface area contributed by atoms with E-state index in [-0.39, 0.29) is 11.6 Å². The van der Waals surface area contributed by atoms with Gasteiger partial charge in [-0.25, -0.2) is 0 Å². The third kappa shape index (κ3) is 2.74. The number of hydrogen-bond acceptors (Lipinski definition) is 2. The van der Waals surface area contributed by atoms with Crippen LogP contribution in [0, 0.1) is 0 Å². The van der Waals surface area contributed by atoms with Gasteiger partial charge in [0.15, 0.2) is 11.6 Å². The molecule has 5 aromatic rings. The second-order valence-corrected chi connectivity index (χ2v) is 8.05. The number of rotatable bonds is 2. The average molecular weight is 410 g/mol. The van der Waals surface area contributed by atoms with Crippen LogP contribution in [0.25, 0.3) is 33.0 Å². The van der Waals surface area contributed by atoms with E-state index in [0.717, 1.165) is 33.0 Å². The van der Waals surface area contributed by atoms with Crippen molar-refractivity contribution >= 4 is 22.3 Å². The molecule has 1 aliphatic carbocycles. The maximum atomic E-state index is 13.9. The molecule has 5 aromatic carbocycles. The summed E-state index contributed by atoms with van der Waals surface area (Å²) in [7, 11) is 0. The Morgan fingerprint density at radius 3 is 1.50 bits per heavy atom. The molecule has 0 aromatic heterocycles. The van der Waals surface area contributed by atoms with Crippen LogP contribution in [-0.2, 0) is 0 Å². The van der Waals surface area contributed by atoms with Crippen molar-refractivity contribution in [1.82, 2.24) is 0 Å². The van der Waals surface area contributed by atoms with Crippen LogP contribution in [0.4, 0.5) is 0 Å². The molecule has 6 rings (SSSR count). The van der Waals surface area contributed by atoms with Crippen molar-refractivity contribution in [3.8, 4) is 22.3 Å². The first-order valence-corrected chi connectivity index (χ1v) is 10.6. The van der Waals surface area contributed by atoms with E-state index in [2.05, 4.69) is 0 Å². The lowest BCUT2D eigenvalue weighted by Gasteiger charge is -2.23. The van der Waals surface area contributed by atoms with E-state index in [0.29, 0.717) is 22.3 Å². The van der Waals surface area contributed by atoms with Crippen molar-refractivity contribution in [2.45, 2.75) is 0 Å². The second-order valence-electron chi connectivity index (χ2n) is 8.05. The van der Waals surface area contributed by atoms with Crippen molar-refractivity contribution < 1.29 is 9.59 Å². The Bertz CT molecular complexity index is 1530. The number of carbonyl (C=O) groups excluding carboxylic acids is 2. The van der Waals surface area contributed by atoms with Crippen LogP contribution < -0.4 is 0 Å². The summed E-state index contributed by atoms with van der Waals surface area (Å²) in [4.78, 5) is 27.5. The van der Waals surface area contributed by atoms with Gasteiger partial charge in [-0.1, -0.05) is 91.0 Å². The third-order valence-electron chi connectivity index (χ3n) is 6.20. The molecular weight excluding hydrogens is 392 g/mol. The van der Waals surface area contributed by atoms with Gasteiger partial charge in [0.2, 0.25) is 0 Å². The summed E-state index contributed by atoms with van der Waals surface area (Å²) in [5.41, 5.74) is 5.61. The average Bonchev–Trinajstić information content (AvgIpc) is 2.86. The van der Waals surface area contributed by atoms with Gasteiger partial charge in [-0.15, -0.1) is 0 Å². The highest BCUT2D eigenvalue weighted by Crippen LogP contribution is 2.41. The summed E-state index contributed by atoms with van der Waals surface area (Å²) >= 11 is 0. The van der Waals surface area contributed by atoms with Crippen LogP contribution in [0.2, 0.25) is 0 Å². The minimum atomic E-state index is -0.100. The minimum Gasteiger partial charge on any atom is -0.289 e. The van der Waals surface area contributed by atoms with E-state index in [4.69, 9.17) is 0 Å². The fourth-order valence-electron chi connectivity index (χ4n) is 4.69. The van der Waals surface area contributed by atoms with Crippen molar-refractivity contribution in [3.05, 3.63) is 131 Å². The number of benzene rings is 5. The zero-order valence-corrected chi connectivity index (χ0v) is 17.2. The summed E-state index contributed by atoms with van der Waals surface area (Å²) in [6, 6.07) is 35.2. The highest BCUT2D eigenvalue weighted by molar-refractivity contribution is 6.32. The molecule has 0 spiro atoms. The molecule has 0 atom stereocenters. The molecule has 0 radical (unpaired) electrons. The first-order chi connectivity index (χ1) is 15.7. The molecule has 0 heterocycles. The molecule has 0 amide bonds. The van der Waals surface area contributed by atoms with E-state index in [9.17, 15) is 9.59 Å². The summed E-state index contributed by atoms with van der Waals surface area (Å²) in [6.07, 6.45) is 0. The van der Waals surface area contributed by atoms with Crippen molar-refractivity contribution in [2.24, 2.45) is 0 Å². The predicted octanol–water partition coefficient (Wildman–Crippen LogP) is 6.95. The largest absolute Gasteiger partial charge is 0.289 e. The Morgan fingerprint density at radius 2 is 0.875 bits per heavy atom. The van der Waals surface area contributed by atoms with Gasteiger partial charge >= 0.3 is 0 Å². The van der Waals surface area contributed by atoms with Crippen molar-refractivity contribution in [2.75, 3.05) is 0 Å².